The van der Waals surface area contributed by atoms with Crippen molar-refractivity contribution >= 4 is 27.7 Å². The summed E-state index contributed by atoms with van der Waals surface area (Å²) in [6.07, 6.45) is 10.5. The van der Waals surface area contributed by atoms with Crippen molar-refractivity contribution in [2.45, 2.75) is 61.8 Å². The molecule has 2 saturated carbocycles. The van der Waals surface area contributed by atoms with E-state index in [4.69, 9.17) is 0 Å². The van der Waals surface area contributed by atoms with E-state index in [2.05, 4.69) is 63.5 Å². The zero-order valence-corrected chi connectivity index (χ0v) is 14.6. The van der Waals surface area contributed by atoms with Gasteiger partial charge in [0, 0.05) is 21.8 Å². The van der Waals surface area contributed by atoms with Crippen molar-refractivity contribution in [1.82, 2.24) is 5.32 Å². The van der Waals surface area contributed by atoms with E-state index in [1.54, 1.807) is 0 Å². The van der Waals surface area contributed by atoms with E-state index < -0.39 is 0 Å². The summed E-state index contributed by atoms with van der Waals surface area (Å²) in [5, 5.41) is 4.80. The molecule has 0 bridgehead atoms. The highest BCUT2D eigenvalue weighted by Gasteiger charge is 2.32. The summed E-state index contributed by atoms with van der Waals surface area (Å²) in [7, 11) is 0. The third kappa shape index (κ3) is 3.61. The Balaban J connectivity index is 1.45. The van der Waals surface area contributed by atoms with Crippen molar-refractivity contribution in [3.63, 3.8) is 0 Å². The molecular weight excluding hydrogens is 330 g/mol. The van der Waals surface area contributed by atoms with Gasteiger partial charge in [0.2, 0.25) is 0 Å². The molecule has 2 aliphatic carbocycles. The summed E-state index contributed by atoms with van der Waals surface area (Å²) in [5.74, 6) is 0.778. The summed E-state index contributed by atoms with van der Waals surface area (Å²) < 4.78 is 1.18. The molecule has 1 N–H and O–H groups in total. The number of hydrogen-bond acceptors (Lipinski definition) is 2. The molecule has 0 aromatic heterocycles. The predicted octanol–water partition coefficient (Wildman–Crippen LogP) is 4.96. The normalized spacial score (nSPS) is 33.7. The Morgan fingerprint density at radius 2 is 1.80 bits per heavy atom. The van der Waals surface area contributed by atoms with E-state index in [9.17, 15) is 0 Å². The molecule has 2 unspecified atom stereocenters. The highest BCUT2D eigenvalue weighted by molar-refractivity contribution is 9.10. The van der Waals surface area contributed by atoms with Crippen LogP contribution in [0.2, 0.25) is 0 Å². The highest BCUT2D eigenvalue weighted by atomic mass is 79.9. The second-order valence-electron chi connectivity index (χ2n) is 6.30. The zero-order chi connectivity index (χ0) is 13.9. The van der Waals surface area contributed by atoms with Gasteiger partial charge in [-0.05, 0) is 62.0 Å². The van der Waals surface area contributed by atoms with Crippen molar-refractivity contribution in [3.8, 4) is 0 Å². The Bertz CT molecular complexity index is 427. The topological polar surface area (TPSA) is 12.0 Å². The molecule has 0 aliphatic heterocycles. The molecule has 1 aromatic rings. The van der Waals surface area contributed by atoms with Crippen LogP contribution in [0.3, 0.4) is 0 Å². The van der Waals surface area contributed by atoms with Crippen LogP contribution in [-0.2, 0) is 0 Å². The van der Waals surface area contributed by atoms with E-state index in [1.807, 2.05) is 0 Å². The quantitative estimate of drug-likeness (QED) is 0.820. The van der Waals surface area contributed by atoms with Gasteiger partial charge in [0.1, 0.15) is 0 Å². The van der Waals surface area contributed by atoms with Crippen LogP contribution in [0.4, 0.5) is 0 Å². The summed E-state index contributed by atoms with van der Waals surface area (Å²) in [4.78, 5) is 0. The molecular formula is C17H24BrNS. The summed E-state index contributed by atoms with van der Waals surface area (Å²) in [6.45, 7) is 0. The van der Waals surface area contributed by atoms with Gasteiger partial charge in [-0.3, -0.25) is 0 Å². The van der Waals surface area contributed by atoms with Crippen LogP contribution >= 0.6 is 27.7 Å². The van der Waals surface area contributed by atoms with E-state index in [1.165, 1.54) is 48.6 Å². The fraction of sp³-hybridized carbons (Fsp3) is 0.647. The lowest BCUT2D eigenvalue weighted by molar-refractivity contribution is 0.240. The minimum Gasteiger partial charge on any atom is -0.311 e. The summed E-state index contributed by atoms with van der Waals surface area (Å²) in [5.41, 5.74) is 1.51. The fourth-order valence-electron chi connectivity index (χ4n) is 3.60. The monoisotopic (exact) mass is 353 g/mol. The lowest BCUT2D eigenvalue weighted by Gasteiger charge is -2.40. The molecule has 1 aromatic carbocycles. The Kier molecular flexibility index (Phi) is 5.11. The Morgan fingerprint density at radius 1 is 1.05 bits per heavy atom. The summed E-state index contributed by atoms with van der Waals surface area (Å²) in [6, 6.07) is 10.4. The van der Waals surface area contributed by atoms with Gasteiger partial charge in [0.05, 0.1) is 0 Å². The number of nitrogens with one attached hydrogen (secondary N) is 1. The average Bonchev–Trinajstić information content (AvgIpc) is 2.44. The van der Waals surface area contributed by atoms with Crippen molar-refractivity contribution in [3.05, 3.63) is 34.3 Å². The van der Waals surface area contributed by atoms with Gasteiger partial charge in [-0.1, -0.05) is 34.5 Å². The molecule has 3 heteroatoms. The largest absolute Gasteiger partial charge is 0.311 e. The van der Waals surface area contributed by atoms with Crippen LogP contribution in [-0.4, -0.2) is 23.6 Å². The lowest BCUT2D eigenvalue weighted by Crippen LogP contribution is -2.47. The van der Waals surface area contributed by atoms with Crippen molar-refractivity contribution < 1.29 is 0 Å². The maximum absolute atomic E-state index is 3.91. The third-order valence-corrected chi connectivity index (χ3v) is 6.53. The zero-order valence-electron chi connectivity index (χ0n) is 12.1. The lowest BCUT2D eigenvalue weighted by atomic mass is 9.75. The Morgan fingerprint density at radius 3 is 2.50 bits per heavy atom. The maximum atomic E-state index is 3.91. The van der Waals surface area contributed by atoms with Crippen molar-refractivity contribution in [1.29, 1.82) is 0 Å². The first-order valence-electron chi connectivity index (χ1n) is 7.79. The second kappa shape index (κ2) is 6.85. The van der Waals surface area contributed by atoms with Crippen LogP contribution < -0.4 is 5.32 Å². The average molecular weight is 354 g/mol. The molecule has 2 atom stereocenters. The molecule has 1 nitrogen and oxygen atoms in total. The minimum absolute atomic E-state index is 0.759. The van der Waals surface area contributed by atoms with E-state index in [0.717, 1.165) is 23.3 Å². The smallest absolute Gasteiger partial charge is 0.0175 e. The molecule has 3 rings (SSSR count). The van der Waals surface area contributed by atoms with Crippen LogP contribution in [0.5, 0.6) is 0 Å². The minimum atomic E-state index is 0.759. The number of thioether (sulfide) groups is 1. The number of halogens is 1. The van der Waals surface area contributed by atoms with Crippen molar-refractivity contribution in [2.24, 2.45) is 0 Å². The van der Waals surface area contributed by atoms with Gasteiger partial charge in [0.25, 0.3) is 0 Å². The SMILES string of the molecule is CSC1CCCC(NC2CC(c3ccc(Br)cc3)C2)C1. The number of hydrogen-bond donors (Lipinski definition) is 1. The van der Waals surface area contributed by atoms with E-state index in [0.29, 0.717) is 0 Å². The van der Waals surface area contributed by atoms with Gasteiger partial charge >= 0.3 is 0 Å². The van der Waals surface area contributed by atoms with Gasteiger partial charge < -0.3 is 5.32 Å². The molecule has 2 aliphatic rings. The van der Waals surface area contributed by atoms with Crippen LogP contribution in [0, 0.1) is 0 Å². The number of benzene rings is 1. The molecule has 0 spiro atoms. The standard InChI is InChI=1S/C17H24BrNS/c1-20-17-4-2-3-15(11-17)19-16-9-13(10-16)12-5-7-14(18)8-6-12/h5-8,13,15-17,19H,2-4,9-11H2,1H3. The van der Waals surface area contributed by atoms with Crippen molar-refractivity contribution in [2.75, 3.05) is 6.26 Å². The van der Waals surface area contributed by atoms with Crippen LogP contribution in [0.15, 0.2) is 28.7 Å². The van der Waals surface area contributed by atoms with Crippen LogP contribution in [0.1, 0.15) is 50.0 Å². The molecule has 0 radical (unpaired) electrons. The van der Waals surface area contributed by atoms with E-state index >= 15 is 0 Å². The van der Waals surface area contributed by atoms with Gasteiger partial charge in [-0.15, -0.1) is 0 Å². The predicted molar refractivity (Wildman–Crippen MR) is 92.6 cm³/mol. The second-order valence-corrected chi connectivity index (χ2v) is 8.36. The van der Waals surface area contributed by atoms with Gasteiger partial charge in [-0.2, -0.15) is 11.8 Å². The fourth-order valence-corrected chi connectivity index (χ4v) is 4.70. The molecule has 0 heterocycles. The molecule has 2 fully saturated rings. The van der Waals surface area contributed by atoms with Crippen LogP contribution in [0.25, 0.3) is 0 Å². The molecule has 20 heavy (non-hydrogen) atoms. The molecule has 0 saturated heterocycles. The molecule has 110 valence electrons. The van der Waals surface area contributed by atoms with Gasteiger partial charge in [-0.25, -0.2) is 0 Å². The highest BCUT2D eigenvalue weighted by Crippen LogP contribution is 2.38. The first kappa shape index (κ1) is 14.9. The van der Waals surface area contributed by atoms with Gasteiger partial charge in [0.15, 0.2) is 0 Å². The Labute approximate surface area is 135 Å². The number of rotatable bonds is 4. The summed E-state index contributed by atoms with van der Waals surface area (Å²) >= 11 is 5.57. The maximum Gasteiger partial charge on any atom is 0.0175 e. The first-order valence-corrected chi connectivity index (χ1v) is 9.87. The van der Waals surface area contributed by atoms with E-state index in [-0.39, 0.29) is 0 Å². The Hall–Kier alpha value is 0.01000. The molecule has 0 amide bonds. The third-order valence-electron chi connectivity index (χ3n) is 4.91. The first-order chi connectivity index (χ1) is 9.74.